The number of carboxylic acid groups (broad SMARTS) is 1. The molecular weight excluding hydrogens is 273 g/mol. The predicted octanol–water partition coefficient (Wildman–Crippen LogP) is 1.71. The molecule has 0 heterocycles. The fourth-order valence-corrected chi connectivity index (χ4v) is 1.05. The Hall–Kier alpha value is -0.780. The number of carbonyl (C=O) groups is 1. The van der Waals surface area contributed by atoms with Crippen molar-refractivity contribution in [2.45, 2.75) is 6.04 Å². The van der Waals surface area contributed by atoms with Crippen LogP contribution in [0.2, 0.25) is 5.02 Å². The van der Waals surface area contributed by atoms with Gasteiger partial charge in [-0.3, -0.25) is 4.79 Å². The molecular formula is C8H9BrClNO3. The van der Waals surface area contributed by atoms with E-state index in [-0.39, 0.29) is 27.8 Å². The maximum absolute atomic E-state index is 10.5. The second kappa shape index (κ2) is 5.19. The Balaban J connectivity index is 0.00000169. The first-order chi connectivity index (χ1) is 6.02. The number of aromatic hydroxyl groups is 1. The third kappa shape index (κ3) is 2.87. The summed E-state index contributed by atoms with van der Waals surface area (Å²) >= 11 is 5.56. The molecule has 0 radical (unpaired) electrons. The van der Waals surface area contributed by atoms with Crippen molar-refractivity contribution in [2.75, 3.05) is 0 Å². The van der Waals surface area contributed by atoms with Crippen molar-refractivity contribution >= 4 is 34.6 Å². The molecule has 0 aliphatic rings. The van der Waals surface area contributed by atoms with Crippen LogP contribution in [0.4, 0.5) is 0 Å². The van der Waals surface area contributed by atoms with E-state index < -0.39 is 12.0 Å². The molecule has 0 saturated carbocycles. The molecule has 0 aliphatic heterocycles. The Bertz CT molecular complexity index is 345. The Labute approximate surface area is 96.1 Å². The summed E-state index contributed by atoms with van der Waals surface area (Å²) < 4.78 is 0. The van der Waals surface area contributed by atoms with E-state index in [1.54, 1.807) is 0 Å². The fourth-order valence-electron chi connectivity index (χ4n) is 0.859. The SMILES string of the molecule is Br.NC(C(=O)O)c1ccc(O)c(Cl)c1. The quantitative estimate of drug-likeness (QED) is 0.771. The van der Waals surface area contributed by atoms with Crippen LogP contribution < -0.4 is 5.73 Å². The topological polar surface area (TPSA) is 83.6 Å². The molecule has 78 valence electrons. The van der Waals surface area contributed by atoms with Gasteiger partial charge < -0.3 is 15.9 Å². The number of halogens is 2. The van der Waals surface area contributed by atoms with E-state index in [9.17, 15) is 4.79 Å². The van der Waals surface area contributed by atoms with Crippen molar-refractivity contribution in [1.82, 2.24) is 0 Å². The van der Waals surface area contributed by atoms with E-state index >= 15 is 0 Å². The highest BCUT2D eigenvalue weighted by Gasteiger charge is 2.14. The summed E-state index contributed by atoms with van der Waals surface area (Å²) in [6.45, 7) is 0. The van der Waals surface area contributed by atoms with Crippen LogP contribution in [0.25, 0.3) is 0 Å². The van der Waals surface area contributed by atoms with Crippen LogP contribution in [0.3, 0.4) is 0 Å². The largest absolute Gasteiger partial charge is 0.506 e. The molecule has 14 heavy (non-hydrogen) atoms. The monoisotopic (exact) mass is 281 g/mol. The minimum Gasteiger partial charge on any atom is -0.506 e. The molecule has 1 rings (SSSR count). The van der Waals surface area contributed by atoms with Crippen molar-refractivity contribution in [2.24, 2.45) is 5.73 Å². The molecule has 1 unspecified atom stereocenters. The second-order valence-electron chi connectivity index (χ2n) is 2.53. The number of carboxylic acids is 1. The summed E-state index contributed by atoms with van der Waals surface area (Å²) in [6.07, 6.45) is 0. The van der Waals surface area contributed by atoms with Gasteiger partial charge in [0.1, 0.15) is 11.8 Å². The summed E-state index contributed by atoms with van der Waals surface area (Å²) in [5.41, 5.74) is 5.67. The molecule has 1 atom stereocenters. The first kappa shape index (κ1) is 13.2. The van der Waals surface area contributed by atoms with Gasteiger partial charge in [-0.1, -0.05) is 17.7 Å². The standard InChI is InChI=1S/C8H8ClNO3.BrH/c9-5-3-4(1-2-6(5)11)7(10)8(12)13;/h1-3,7,11H,10H2,(H,12,13);1H. The van der Waals surface area contributed by atoms with Crippen LogP contribution in [0.1, 0.15) is 11.6 Å². The second-order valence-corrected chi connectivity index (χ2v) is 2.93. The van der Waals surface area contributed by atoms with E-state index in [2.05, 4.69) is 0 Å². The molecule has 6 heteroatoms. The van der Waals surface area contributed by atoms with Crippen molar-refractivity contribution in [1.29, 1.82) is 0 Å². The molecule has 0 aromatic heterocycles. The van der Waals surface area contributed by atoms with E-state index in [1.807, 2.05) is 0 Å². The molecule has 0 amide bonds. The highest BCUT2D eigenvalue weighted by atomic mass is 79.9. The number of rotatable bonds is 2. The molecule has 0 aliphatic carbocycles. The lowest BCUT2D eigenvalue weighted by Crippen LogP contribution is -2.20. The zero-order chi connectivity index (χ0) is 10.0. The van der Waals surface area contributed by atoms with Gasteiger partial charge in [-0.15, -0.1) is 17.0 Å². The highest BCUT2D eigenvalue weighted by molar-refractivity contribution is 8.93. The molecule has 0 spiro atoms. The third-order valence-electron chi connectivity index (χ3n) is 1.60. The molecule has 1 aromatic carbocycles. The van der Waals surface area contributed by atoms with Gasteiger partial charge in [0.25, 0.3) is 0 Å². The highest BCUT2D eigenvalue weighted by Crippen LogP contribution is 2.25. The Morgan fingerprint density at radius 3 is 2.50 bits per heavy atom. The number of phenolic OH excluding ortho intramolecular Hbond substituents is 1. The molecule has 4 nitrogen and oxygen atoms in total. The maximum atomic E-state index is 10.5. The minimum atomic E-state index is -1.14. The molecule has 0 fully saturated rings. The van der Waals surface area contributed by atoms with Crippen LogP contribution in [0, 0.1) is 0 Å². The zero-order valence-corrected chi connectivity index (χ0v) is 9.44. The van der Waals surface area contributed by atoms with Gasteiger partial charge in [0.15, 0.2) is 0 Å². The van der Waals surface area contributed by atoms with Crippen molar-refractivity contribution < 1.29 is 15.0 Å². The van der Waals surface area contributed by atoms with E-state index in [0.29, 0.717) is 5.56 Å². The summed E-state index contributed by atoms with van der Waals surface area (Å²) in [6, 6.07) is 2.94. The number of aliphatic carboxylic acids is 1. The van der Waals surface area contributed by atoms with Crippen molar-refractivity contribution in [3.05, 3.63) is 28.8 Å². The molecule has 1 aromatic rings. The number of benzene rings is 1. The summed E-state index contributed by atoms with van der Waals surface area (Å²) in [7, 11) is 0. The van der Waals surface area contributed by atoms with Gasteiger partial charge >= 0.3 is 5.97 Å². The Morgan fingerprint density at radius 2 is 2.07 bits per heavy atom. The number of nitrogens with two attached hydrogens (primary N) is 1. The third-order valence-corrected chi connectivity index (χ3v) is 1.90. The van der Waals surface area contributed by atoms with Crippen molar-refractivity contribution in [3.8, 4) is 5.75 Å². The van der Waals surface area contributed by atoms with Gasteiger partial charge in [-0.05, 0) is 17.7 Å². The summed E-state index contributed by atoms with van der Waals surface area (Å²) in [5.74, 6) is -1.23. The fraction of sp³-hybridized carbons (Fsp3) is 0.125. The van der Waals surface area contributed by atoms with Gasteiger partial charge in [0.2, 0.25) is 0 Å². The van der Waals surface area contributed by atoms with Crippen LogP contribution >= 0.6 is 28.6 Å². The first-order valence-electron chi connectivity index (χ1n) is 3.49. The van der Waals surface area contributed by atoms with Gasteiger partial charge in [0, 0.05) is 0 Å². The Kier molecular flexibility index (Phi) is 4.90. The average Bonchev–Trinajstić information content (AvgIpc) is 2.08. The number of hydrogen-bond acceptors (Lipinski definition) is 3. The van der Waals surface area contributed by atoms with E-state index in [1.165, 1.54) is 18.2 Å². The number of hydrogen-bond donors (Lipinski definition) is 3. The molecule has 0 bridgehead atoms. The van der Waals surface area contributed by atoms with Gasteiger partial charge in [-0.2, -0.15) is 0 Å². The van der Waals surface area contributed by atoms with E-state index in [4.69, 9.17) is 27.5 Å². The van der Waals surface area contributed by atoms with Gasteiger partial charge in [0.05, 0.1) is 5.02 Å². The van der Waals surface area contributed by atoms with Crippen LogP contribution in [-0.4, -0.2) is 16.2 Å². The predicted molar refractivity (Wildman–Crippen MR) is 58.0 cm³/mol. The first-order valence-corrected chi connectivity index (χ1v) is 3.87. The van der Waals surface area contributed by atoms with Gasteiger partial charge in [-0.25, -0.2) is 0 Å². The summed E-state index contributed by atoms with van der Waals surface area (Å²) in [5, 5.41) is 17.7. The maximum Gasteiger partial charge on any atom is 0.325 e. The lowest BCUT2D eigenvalue weighted by Gasteiger charge is -2.07. The lowest BCUT2D eigenvalue weighted by atomic mass is 10.1. The smallest absolute Gasteiger partial charge is 0.325 e. The number of phenols is 1. The van der Waals surface area contributed by atoms with Crippen LogP contribution in [-0.2, 0) is 4.79 Å². The summed E-state index contributed by atoms with van der Waals surface area (Å²) in [4.78, 5) is 10.5. The normalized spacial score (nSPS) is 11.6. The molecule has 0 saturated heterocycles. The molecule has 4 N–H and O–H groups in total. The lowest BCUT2D eigenvalue weighted by molar-refractivity contribution is -0.138. The van der Waals surface area contributed by atoms with Crippen LogP contribution in [0.15, 0.2) is 18.2 Å². The minimum absolute atomic E-state index is 0. The van der Waals surface area contributed by atoms with E-state index in [0.717, 1.165) is 0 Å². The zero-order valence-electron chi connectivity index (χ0n) is 6.98. The van der Waals surface area contributed by atoms with Crippen LogP contribution in [0.5, 0.6) is 5.75 Å². The average molecular weight is 283 g/mol. The Morgan fingerprint density at radius 1 is 1.50 bits per heavy atom. The van der Waals surface area contributed by atoms with Crippen molar-refractivity contribution in [3.63, 3.8) is 0 Å².